The lowest BCUT2D eigenvalue weighted by Crippen LogP contribution is -2.56. The summed E-state index contributed by atoms with van der Waals surface area (Å²) < 4.78 is 9.22. The summed E-state index contributed by atoms with van der Waals surface area (Å²) in [5, 5.41) is 45.5. The average Bonchev–Trinajstić information content (AvgIpc) is 1.61. The van der Waals surface area contributed by atoms with Gasteiger partial charge in [-0.05, 0) is 72.4 Å². The van der Waals surface area contributed by atoms with E-state index in [9.17, 15) is 62.6 Å². The number of carbonyl (C=O) groups is 12. The summed E-state index contributed by atoms with van der Waals surface area (Å²) in [6.45, 7) is 5.84. The lowest BCUT2D eigenvalue weighted by Gasteiger charge is -2.32. The molecule has 12 rings (SSSR count). The van der Waals surface area contributed by atoms with Gasteiger partial charge in [-0.1, -0.05) is 72.3 Å². The normalized spacial score (nSPS) is 21.7. The van der Waals surface area contributed by atoms with Crippen molar-refractivity contribution < 1.29 is 82.3 Å². The Morgan fingerprint density at radius 2 is 1.07 bits per heavy atom. The van der Waals surface area contributed by atoms with Crippen molar-refractivity contribution in [2.75, 3.05) is 98.1 Å². The molecule has 4 amide bonds. The van der Waals surface area contributed by atoms with Crippen LogP contribution in [-0.2, 0) is 39.9 Å². The van der Waals surface area contributed by atoms with Gasteiger partial charge in [0.25, 0.3) is 17.7 Å². The topological polar surface area (TPSA) is 417 Å². The summed E-state index contributed by atoms with van der Waals surface area (Å²) in [4.78, 5) is 150. The number of fused-ring (bicyclic) bond motifs is 3. The molecule has 11 N–H and O–H groups in total. The molecule has 29 nitrogen and oxygen atoms in total. The van der Waals surface area contributed by atoms with Crippen LogP contribution in [0.4, 0.5) is 11.4 Å². The molecule has 0 radical (unpaired) electrons. The number of allylic oxidation sites excluding steroid dienone is 1. The van der Waals surface area contributed by atoms with Crippen molar-refractivity contribution in [2.45, 2.75) is 43.1 Å². The van der Waals surface area contributed by atoms with Gasteiger partial charge in [-0.15, -0.1) is 0 Å². The summed E-state index contributed by atoms with van der Waals surface area (Å²) >= 11 is 6.56. The van der Waals surface area contributed by atoms with Crippen LogP contribution >= 0.6 is 11.6 Å². The van der Waals surface area contributed by atoms with Gasteiger partial charge in [-0.2, -0.15) is 0 Å². The number of hydrogen-bond donors (Lipinski definition) is 10. The predicted octanol–water partition coefficient (Wildman–Crippen LogP) is 2.00. The number of carbonyl (C=O) groups excluding carboxylic acids is 9. The maximum Gasteiger partial charge on any atom is 0.335 e. The van der Waals surface area contributed by atoms with Gasteiger partial charge >= 0.3 is 29.8 Å². The van der Waals surface area contributed by atoms with E-state index in [4.69, 9.17) is 32.5 Å². The second kappa shape index (κ2) is 35.0. The van der Waals surface area contributed by atoms with Crippen LogP contribution in [0.1, 0.15) is 90.2 Å². The number of aromatic nitrogens is 1. The van der Waals surface area contributed by atoms with E-state index < -0.39 is 36.0 Å². The van der Waals surface area contributed by atoms with Crippen molar-refractivity contribution in [1.29, 1.82) is 0 Å². The van der Waals surface area contributed by atoms with E-state index in [0.29, 0.717) is 115 Å². The number of hydrogen-bond acceptors (Lipinski definition) is 22. The molecular weight excluding hydrogens is 1290 g/mol. The van der Waals surface area contributed by atoms with Crippen LogP contribution in [0.3, 0.4) is 0 Å². The molecule has 5 fully saturated rings. The number of piperazine rings is 4. The number of carboxylic acids is 3. The summed E-state index contributed by atoms with van der Waals surface area (Å²) in [6, 6.07) is 23.4. The number of benzene rings is 4. The van der Waals surface area contributed by atoms with E-state index in [1.807, 2.05) is 12.1 Å². The molecule has 516 valence electrons. The molecule has 1 aromatic heterocycles. The Labute approximate surface area is 567 Å². The number of primary amides is 1. The minimum Gasteiger partial charge on any atom is -0.480 e. The van der Waals surface area contributed by atoms with Gasteiger partial charge in [-0.3, -0.25) is 57.7 Å². The number of aromatic carboxylic acids is 1. The second-order valence-electron chi connectivity index (χ2n) is 23.4. The first-order valence-corrected chi connectivity index (χ1v) is 31.6. The predicted molar refractivity (Wildman–Crippen MR) is 356 cm³/mol. The Hall–Kier alpha value is -10.4. The van der Waals surface area contributed by atoms with Crippen LogP contribution in [0.25, 0.3) is 0 Å². The molecular formula is C68H75ClN12O17. The highest BCUT2D eigenvalue weighted by Crippen LogP contribution is 2.48. The minimum absolute atomic E-state index is 0.120. The van der Waals surface area contributed by atoms with Gasteiger partial charge in [0.05, 0.1) is 47.8 Å². The maximum atomic E-state index is 13.0. The molecule has 6 heterocycles. The van der Waals surface area contributed by atoms with Crippen LogP contribution in [0.15, 0.2) is 120 Å². The lowest BCUT2D eigenvalue weighted by atomic mass is 9.88. The SMILES string of the molecule is COC(=O)C1CN(C(=O)c2ccc(C=O)cc2)CCN1.COC(=O)C1CNCCN1.NC(=O)[C@@H]1[C@H](Nc2c(Cl)cnc3c2N=C(c2ccc(C(=O)N4CCNC(C(=O)O)C4)cc2)C3)[C@H]2C=C[C@@H]1C2.O=Cc1ccc(C(=O)N2CCNC(C(=O)O)C2)cc1.O=Cc1cccc(C(=O)O)c1. The first-order valence-electron chi connectivity index (χ1n) is 31.3. The highest BCUT2D eigenvalue weighted by atomic mass is 35.5. The standard InChI is InChI=1S/C27H27ClN6O4.C14H16N2O4.C13H14N2O4.C8H6O3.C6H12N2O2/c28-17-11-31-19-10-18(32-24(19)23(17)33-22-16-6-5-15(9-16)21(22)25(29)35)13-1-3-14(4-2-13)26(36)34-8-7-30-20(12-34)27(37)38;1-20-14(19)12-8-16(7-6-15-12)13(18)11-4-2-10(9-17)3-5-11;16-8-9-1-3-10(4-2-9)12(17)15-6-5-14-11(7-15)13(18)19;9-5-6-2-1-3-7(4-6)8(10)11;1-10-6(9)5-4-7-2-3-8-5/h1-6,11,15-16,20-22,30H,7-10,12H2,(H2,29,35)(H,31,33)(H,37,38);2-5,9,12,15H,6-8H2,1H3;1-4,8,11,14H,5-7H2,(H,18,19);1-5H,(H,10,11);5,7-8H,2-4H2,1H3/t15-,16+,20?,21+,22-;;;;/m1..../s1. The second-order valence-corrected chi connectivity index (χ2v) is 23.8. The minimum atomic E-state index is -1.02. The molecule has 0 spiro atoms. The number of nitrogens with two attached hydrogens (primary N) is 1. The third-order valence-corrected chi connectivity index (χ3v) is 17.4. The molecule has 2 aliphatic carbocycles. The van der Waals surface area contributed by atoms with E-state index in [0.717, 1.165) is 42.8 Å². The molecule has 98 heavy (non-hydrogen) atoms. The Balaban J connectivity index is 0.000000173. The Bertz CT molecular complexity index is 3830. The van der Waals surface area contributed by atoms with Crippen LogP contribution in [0, 0.1) is 17.8 Å². The van der Waals surface area contributed by atoms with Crippen molar-refractivity contribution in [1.82, 2.24) is 46.3 Å². The number of carboxylic acid groups (broad SMARTS) is 3. The lowest BCUT2D eigenvalue weighted by molar-refractivity contribution is -0.144. The number of nitrogens with zero attached hydrogens (tertiary/aromatic N) is 5. The Morgan fingerprint density at radius 3 is 1.54 bits per heavy atom. The molecule has 4 aromatic carbocycles. The third-order valence-electron chi connectivity index (χ3n) is 17.1. The fourth-order valence-electron chi connectivity index (χ4n) is 11.9. The number of amides is 4. The zero-order valence-corrected chi connectivity index (χ0v) is 54.2. The van der Waals surface area contributed by atoms with Crippen molar-refractivity contribution in [3.8, 4) is 0 Å². The fourth-order valence-corrected chi connectivity index (χ4v) is 12.1. The number of rotatable bonds is 15. The molecule has 2 bridgehead atoms. The van der Waals surface area contributed by atoms with Crippen molar-refractivity contribution in [3.63, 3.8) is 0 Å². The van der Waals surface area contributed by atoms with Crippen molar-refractivity contribution in [3.05, 3.63) is 171 Å². The van der Waals surface area contributed by atoms with E-state index in [1.54, 1.807) is 82.7 Å². The van der Waals surface area contributed by atoms with Crippen molar-refractivity contribution in [2.24, 2.45) is 28.5 Å². The number of methoxy groups -OCH3 is 2. The molecule has 5 aromatic rings. The number of ether oxygens (including phenoxy) is 2. The molecule has 8 atom stereocenters. The monoisotopic (exact) mass is 1370 g/mol. The van der Waals surface area contributed by atoms with Crippen LogP contribution < -0.4 is 37.6 Å². The molecule has 7 aliphatic rings. The number of nitrogens with one attached hydrogen (secondary N) is 6. The van der Waals surface area contributed by atoms with Gasteiger partial charge in [0.2, 0.25) is 5.91 Å². The van der Waals surface area contributed by atoms with Crippen LogP contribution in [0.5, 0.6) is 0 Å². The van der Waals surface area contributed by atoms with Crippen LogP contribution in [0.2, 0.25) is 5.02 Å². The average molecular weight is 1370 g/mol. The summed E-state index contributed by atoms with van der Waals surface area (Å²) in [6.07, 6.45) is 9.26. The number of anilines is 1. The van der Waals surface area contributed by atoms with Gasteiger partial charge in [0.1, 0.15) is 48.7 Å². The molecule has 30 heteroatoms. The summed E-state index contributed by atoms with van der Waals surface area (Å²) in [7, 11) is 2.72. The van der Waals surface area contributed by atoms with E-state index in [1.165, 1.54) is 37.3 Å². The van der Waals surface area contributed by atoms with Gasteiger partial charge in [-0.25, -0.2) is 9.79 Å². The van der Waals surface area contributed by atoms with Crippen LogP contribution in [-0.4, -0.2) is 236 Å². The number of esters is 2. The first kappa shape index (κ1) is 73.4. The number of aldehydes is 3. The first-order chi connectivity index (χ1) is 47.1. The molecule has 5 aliphatic heterocycles. The Kier molecular flexibility index (Phi) is 26.2. The smallest absolute Gasteiger partial charge is 0.335 e. The largest absolute Gasteiger partial charge is 0.480 e. The third kappa shape index (κ3) is 19.0. The number of halogens is 1. The Morgan fingerprint density at radius 1 is 0.592 bits per heavy atom. The summed E-state index contributed by atoms with van der Waals surface area (Å²) in [5.74, 6) is -4.38. The van der Waals surface area contributed by atoms with Gasteiger partial charge in [0, 0.05) is 131 Å². The summed E-state index contributed by atoms with van der Waals surface area (Å²) in [5.41, 5.74) is 12.5. The molecule has 1 saturated carbocycles. The highest BCUT2D eigenvalue weighted by molar-refractivity contribution is 6.34. The quantitative estimate of drug-likeness (QED) is 0.0407. The fraction of sp³-hybridized carbons (Fsp3) is 0.353. The zero-order chi connectivity index (χ0) is 70.6. The zero-order valence-electron chi connectivity index (χ0n) is 53.5. The highest BCUT2D eigenvalue weighted by Gasteiger charge is 2.48. The number of aliphatic carboxylic acids is 2. The number of pyridine rings is 1. The van der Waals surface area contributed by atoms with E-state index in [-0.39, 0.29) is 90.6 Å². The van der Waals surface area contributed by atoms with Gasteiger partial charge in [0.15, 0.2) is 0 Å². The maximum absolute atomic E-state index is 13.0. The van der Waals surface area contributed by atoms with Gasteiger partial charge < -0.3 is 77.1 Å². The van der Waals surface area contributed by atoms with E-state index in [2.05, 4.69) is 58.5 Å². The molecule has 4 saturated heterocycles. The number of aliphatic imine (C=N–C) groups is 1. The van der Waals surface area contributed by atoms with Crippen molar-refractivity contribution >= 4 is 101 Å². The van der Waals surface area contributed by atoms with E-state index >= 15 is 0 Å². The molecule has 4 unspecified atom stereocenters.